The molecule has 2 N–H and O–H groups in total. The Bertz CT molecular complexity index is 1110. The predicted octanol–water partition coefficient (Wildman–Crippen LogP) is 1.39. The van der Waals surface area contributed by atoms with Gasteiger partial charge in [-0.15, -0.1) is 10.2 Å². The van der Waals surface area contributed by atoms with Crippen LogP contribution < -0.4 is 20.3 Å². The number of carbonyl (C=O) groups is 1. The molecule has 0 saturated carbocycles. The molecule has 11 nitrogen and oxygen atoms in total. The molecule has 12 heteroatoms. The summed E-state index contributed by atoms with van der Waals surface area (Å²) in [7, 11) is 3.34. The smallest absolute Gasteiger partial charge is 0.256 e. The number of methoxy groups -OCH3 is 1. The molecule has 4 rings (SSSR count). The second-order valence-electron chi connectivity index (χ2n) is 7.13. The summed E-state index contributed by atoms with van der Waals surface area (Å²) in [6, 6.07) is -0.0390. The van der Waals surface area contributed by atoms with Crippen molar-refractivity contribution >= 4 is 40.6 Å². The summed E-state index contributed by atoms with van der Waals surface area (Å²) in [6.07, 6.45) is 4.56. The summed E-state index contributed by atoms with van der Waals surface area (Å²) in [6.45, 7) is 6.82. The van der Waals surface area contributed by atoms with Crippen LogP contribution in [0, 0.1) is 5.92 Å². The van der Waals surface area contributed by atoms with Crippen LogP contribution in [0.2, 0.25) is 5.15 Å². The number of rotatable bonds is 6. The molecule has 3 aromatic rings. The summed E-state index contributed by atoms with van der Waals surface area (Å²) in [5, 5.41) is 15.3. The molecule has 1 saturated heterocycles. The van der Waals surface area contributed by atoms with Crippen LogP contribution in [0.15, 0.2) is 25.0 Å². The highest BCUT2D eigenvalue weighted by atomic mass is 35.5. The number of hydrogen-bond acceptors (Lipinski definition) is 8. The van der Waals surface area contributed by atoms with Crippen LogP contribution in [-0.4, -0.2) is 61.5 Å². The quantitative estimate of drug-likeness (QED) is 0.563. The minimum atomic E-state index is -0.200. The first-order valence-electron chi connectivity index (χ1n) is 9.33. The fourth-order valence-electron chi connectivity index (χ4n) is 3.45. The lowest BCUT2D eigenvalue weighted by Gasteiger charge is -2.18. The minimum Gasteiger partial charge on any atom is -0.478 e. The van der Waals surface area contributed by atoms with Crippen LogP contribution in [-0.2, 0) is 11.8 Å². The maximum absolute atomic E-state index is 11.7. The van der Waals surface area contributed by atoms with Gasteiger partial charge in [0.15, 0.2) is 16.6 Å². The number of imidazole rings is 1. The lowest BCUT2D eigenvalue weighted by Crippen LogP contribution is -2.39. The number of anilines is 3. The number of hydrogen-bond donors (Lipinski definition) is 2. The Balaban J connectivity index is 1.69. The molecule has 30 heavy (non-hydrogen) atoms. The van der Waals surface area contributed by atoms with E-state index < -0.39 is 0 Å². The number of nitrogens with one attached hydrogen (secondary N) is 2. The van der Waals surface area contributed by atoms with Crippen molar-refractivity contribution in [2.75, 3.05) is 30.4 Å². The van der Waals surface area contributed by atoms with Crippen molar-refractivity contribution in [2.24, 2.45) is 13.0 Å². The number of nitrogens with zero attached hydrogens (tertiary/aromatic N) is 7. The van der Waals surface area contributed by atoms with E-state index >= 15 is 0 Å². The Morgan fingerprint density at radius 1 is 1.40 bits per heavy atom. The van der Waals surface area contributed by atoms with E-state index in [1.807, 2.05) is 4.90 Å². The van der Waals surface area contributed by atoms with Crippen molar-refractivity contribution in [1.29, 1.82) is 0 Å². The lowest BCUT2D eigenvalue weighted by molar-refractivity contribution is -0.117. The zero-order valence-corrected chi connectivity index (χ0v) is 17.6. The van der Waals surface area contributed by atoms with Gasteiger partial charge in [0.05, 0.1) is 25.5 Å². The van der Waals surface area contributed by atoms with E-state index in [-0.39, 0.29) is 17.9 Å². The van der Waals surface area contributed by atoms with Gasteiger partial charge in [-0.05, 0) is 12.0 Å². The standard InChI is InChI=1S/C18H22ClN9O2/c1-5-14(29)21-11-9-27(7-10(11)2)18-23-15(16-20-6-13(19)28(16)25-18)22-12-8-26(3)24-17(12)30-4/h5-6,8,10-11H,1,7,9H2,2-4H3,(H,21,29)(H,22,23,25). The first-order valence-corrected chi connectivity index (χ1v) is 9.71. The Hall–Kier alpha value is -3.34. The summed E-state index contributed by atoms with van der Waals surface area (Å²) >= 11 is 6.29. The van der Waals surface area contributed by atoms with Gasteiger partial charge < -0.3 is 20.3 Å². The highest BCUT2D eigenvalue weighted by Gasteiger charge is 2.32. The van der Waals surface area contributed by atoms with Crippen LogP contribution in [0.25, 0.3) is 5.65 Å². The maximum Gasteiger partial charge on any atom is 0.256 e. The molecule has 0 radical (unpaired) electrons. The molecule has 3 aromatic heterocycles. The molecule has 2 unspecified atom stereocenters. The molecule has 4 heterocycles. The van der Waals surface area contributed by atoms with Gasteiger partial charge in [-0.1, -0.05) is 25.1 Å². The molecule has 1 amide bonds. The summed E-state index contributed by atoms with van der Waals surface area (Å²) in [5.41, 5.74) is 1.11. The van der Waals surface area contributed by atoms with E-state index in [2.05, 4.69) is 44.3 Å². The molecule has 158 valence electrons. The summed E-state index contributed by atoms with van der Waals surface area (Å²) in [5.74, 6) is 1.37. The number of ether oxygens (including phenoxy) is 1. The molecular formula is C18H22ClN9O2. The maximum atomic E-state index is 11.7. The Morgan fingerprint density at radius 2 is 2.20 bits per heavy atom. The van der Waals surface area contributed by atoms with Crippen LogP contribution in [0.3, 0.4) is 0 Å². The molecule has 2 atom stereocenters. The van der Waals surface area contributed by atoms with Gasteiger partial charge in [0.1, 0.15) is 5.69 Å². The lowest BCUT2D eigenvalue weighted by atomic mass is 10.1. The van der Waals surface area contributed by atoms with Gasteiger partial charge in [0, 0.05) is 20.1 Å². The van der Waals surface area contributed by atoms with Crippen LogP contribution >= 0.6 is 11.6 Å². The minimum absolute atomic E-state index is 0.0390. The third kappa shape index (κ3) is 3.63. The Morgan fingerprint density at radius 3 is 2.93 bits per heavy atom. The largest absolute Gasteiger partial charge is 0.478 e. The molecule has 1 fully saturated rings. The van der Waals surface area contributed by atoms with E-state index in [0.717, 1.165) is 0 Å². The second kappa shape index (κ2) is 7.82. The third-order valence-corrected chi connectivity index (χ3v) is 5.22. The zero-order chi connectivity index (χ0) is 21.4. The van der Waals surface area contributed by atoms with Crippen LogP contribution in [0.1, 0.15) is 6.92 Å². The van der Waals surface area contributed by atoms with E-state index in [9.17, 15) is 4.79 Å². The van der Waals surface area contributed by atoms with Gasteiger partial charge in [0.2, 0.25) is 11.9 Å². The normalized spacial score (nSPS) is 18.6. The molecule has 1 aliphatic heterocycles. The summed E-state index contributed by atoms with van der Waals surface area (Å²) in [4.78, 5) is 22.7. The fourth-order valence-corrected chi connectivity index (χ4v) is 3.62. The predicted molar refractivity (Wildman–Crippen MR) is 112 cm³/mol. The van der Waals surface area contributed by atoms with Crippen molar-refractivity contribution in [2.45, 2.75) is 13.0 Å². The number of carbonyl (C=O) groups excluding carboxylic acids is 1. The number of amides is 1. The SMILES string of the molecule is C=CC(=O)NC1CN(c2nc(Nc3cn(C)nc3OC)c3ncc(Cl)n3n2)CC1C. The molecular weight excluding hydrogens is 410 g/mol. The highest BCUT2D eigenvalue weighted by Crippen LogP contribution is 2.29. The van der Waals surface area contributed by atoms with Gasteiger partial charge in [0.25, 0.3) is 5.88 Å². The van der Waals surface area contributed by atoms with Gasteiger partial charge in [-0.25, -0.2) is 4.98 Å². The van der Waals surface area contributed by atoms with Crippen molar-refractivity contribution < 1.29 is 9.53 Å². The number of fused-ring (bicyclic) bond motifs is 1. The van der Waals surface area contributed by atoms with E-state index in [0.29, 0.717) is 47.2 Å². The Labute approximate surface area is 177 Å². The van der Waals surface area contributed by atoms with Crippen molar-refractivity contribution in [3.05, 3.63) is 30.2 Å². The van der Waals surface area contributed by atoms with Crippen LogP contribution in [0.5, 0.6) is 5.88 Å². The highest BCUT2D eigenvalue weighted by molar-refractivity contribution is 6.29. The molecule has 0 aliphatic carbocycles. The van der Waals surface area contributed by atoms with E-state index in [1.165, 1.54) is 16.8 Å². The summed E-state index contributed by atoms with van der Waals surface area (Å²) < 4.78 is 8.47. The van der Waals surface area contributed by atoms with Crippen molar-refractivity contribution in [3.8, 4) is 5.88 Å². The topological polar surface area (TPSA) is 115 Å². The van der Waals surface area contributed by atoms with E-state index in [1.54, 1.807) is 25.0 Å². The van der Waals surface area contributed by atoms with Crippen LogP contribution in [0.4, 0.5) is 17.5 Å². The monoisotopic (exact) mass is 431 g/mol. The number of aromatic nitrogens is 6. The molecule has 0 spiro atoms. The first kappa shape index (κ1) is 20.0. The van der Waals surface area contributed by atoms with Gasteiger partial charge in [-0.3, -0.25) is 9.48 Å². The molecule has 0 bridgehead atoms. The second-order valence-corrected chi connectivity index (χ2v) is 7.52. The average molecular weight is 432 g/mol. The number of halogens is 1. The Kier molecular flexibility index (Phi) is 5.20. The van der Waals surface area contributed by atoms with Crippen molar-refractivity contribution in [3.63, 3.8) is 0 Å². The fraction of sp³-hybridized carbons (Fsp3) is 0.389. The zero-order valence-electron chi connectivity index (χ0n) is 16.8. The number of aryl methyl sites for hydroxylation is 1. The van der Waals surface area contributed by atoms with Crippen molar-refractivity contribution in [1.82, 2.24) is 34.7 Å². The van der Waals surface area contributed by atoms with E-state index in [4.69, 9.17) is 16.3 Å². The van der Waals surface area contributed by atoms with Gasteiger partial charge in [-0.2, -0.15) is 9.50 Å². The third-order valence-electron chi connectivity index (χ3n) is 4.96. The molecule has 0 aromatic carbocycles. The molecule has 1 aliphatic rings. The van der Waals surface area contributed by atoms with Gasteiger partial charge >= 0.3 is 0 Å². The first-order chi connectivity index (χ1) is 14.4. The average Bonchev–Trinajstić information content (AvgIpc) is 3.39.